The first-order valence-corrected chi connectivity index (χ1v) is 10.3. The standard InChI is InChI=1S/C21H24N6O3S/c1-6-11-22-19(28)26-16-9-7-13-18(25-16)24-14(12-23-13)15-8-10-17(31-15)27(5)20(29)30-21(2,3)4/h6-10,12H,1,11H2,2-5H3,(H2,22,24,25,26,28). The Bertz CT molecular complexity index is 1120. The molecule has 0 aliphatic rings. The summed E-state index contributed by atoms with van der Waals surface area (Å²) in [5, 5.41) is 5.98. The Balaban J connectivity index is 1.80. The van der Waals surface area contributed by atoms with Crippen LogP contribution in [0.3, 0.4) is 0 Å². The number of carbonyl (C=O) groups is 2. The number of carbonyl (C=O) groups excluding carboxylic acids is 2. The third kappa shape index (κ3) is 5.76. The van der Waals surface area contributed by atoms with Crippen LogP contribution in [0.4, 0.5) is 20.4 Å². The first-order chi connectivity index (χ1) is 14.7. The number of pyridine rings is 1. The second kappa shape index (κ2) is 9.09. The Morgan fingerprint density at radius 1 is 1.23 bits per heavy atom. The molecule has 0 saturated heterocycles. The second-order valence-electron chi connectivity index (χ2n) is 7.60. The Kier molecular flexibility index (Phi) is 6.50. The van der Waals surface area contributed by atoms with E-state index in [1.54, 1.807) is 31.5 Å². The van der Waals surface area contributed by atoms with Gasteiger partial charge in [-0.25, -0.2) is 19.6 Å². The molecule has 10 heteroatoms. The van der Waals surface area contributed by atoms with Crippen LogP contribution in [0.1, 0.15) is 20.8 Å². The predicted octanol–water partition coefficient (Wildman–Crippen LogP) is 4.43. The van der Waals surface area contributed by atoms with Gasteiger partial charge in [0.15, 0.2) is 5.65 Å². The fourth-order valence-corrected chi connectivity index (χ4v) is 3.39. The van der Waals surface area contributed by atoms with Crippen LogP contribution in [0.25, 0.3) is 21.7 Å². The van der Waals surface area contributed by atoms with Crippen LogP contribution in [-0.2, 0) is 4.74 Å². The highest BCUT2D eigenvalue weighted by Crippen LogP contribution is 2.33. The van der Waals surface area contributed by atoms with Gasteiger partial charge < -0.3 is 10.1 Å². The van der Waals surface area contributed by atoms with Crippen LogP contribution < -0.4 is 15.5 Å². The van der Waals surface area contributed by atoms with E-state index in [4.69, 9.17) is 4.74 Å². The van der Waals surface area contributed by atoms with Crippen molar-refractivity contribution in [1.82, 2.24) is 20.3 Å². The van der Waals surface area contributed by atoms with E-state index in [1.165, 1.54) is 16.2 Å². The number of amides is 3. The van der Waals surface area contributed by atoms with Crippen molar-refractivity contribution >= 4 is 45.4 Å². The molecule has 0 saturated carbocycles. The molecule has 3 amide bonds. The summed E-state index contributed by atoms with van der Waals surface area (Å²) >= 11 is 1.39. The molecule has 9 nitrogen and oxygen atoms in total. The molecular weight excluding hydrogens is 416 g/mol. The summed E-state index contributed by atoms with van der Waals surface area (Å²) in [7, 11) is 1.66. The van der Waals surface area contributed by atoms with Crippen molar-refractivity contribution in [2.24, 2.45) is 0 Å². The van der Waals surface area contributed by atoms with Crippen molar-refractivity contribution < 1.29 is 14.3 Å². The summed E-state index contributed by atoms with van der Waals surface area (Å²) < 4.78 is 5.41. The van der Waals surface area contributed by atoms with Crippen LogP contribution in [0, 0.1) is 0 Å². The van der Waals surface area contributed by atoms with Crippen molar-refractivity contribution in [3.8, 4) is 10.6 Å². The summed E-state index contributed by atoms with van der Waals surface area (Å²) in [6.45, 7) is 9.37. The predicted molar refractivity (Wildman–Crippen MR) is 123 cm³/mol. The minimum atomic E-state index is -0.574. The normalized spacial score (nSPS) is 11.1. The zero-order chi connectivity index (χ0) is 22.6. The van der Waals surface area contributed by atoms with Gasteiger partial charge in [0.1, 0.15) is 27.6 Å². The lowest BCUT2D eigenvalue weighted by Gasteiger charge is -2.23. The van der Waals surface area contributed by atoms with Crippen LogP contribution >= 0.6 is 11.3 Å². The number of rotatable bonds is 5. The summed E-state index contributed by atoms with van der Waals surface area (Å²) in [6.07, 6.45) is 2.80. The number of nitrogens with zero attached hydrogens (tertiary/aromatic N) is 4. The molecular formula is C21H24N6O3S. The lowest BCUT2D eigenvalue weighted by molar-refractivity contribution is 0.0590. The van der Waals surface area contributed by atoms with E-state index in [0.717, 1.165) is 4.88 Å². The minimum absolute atomic E-state index is 0.349. The molecule has 0 aromatic carbocycles. The zero-order valence-electron chi connectivity index (χ0n) is 17.8. The van der Waals surface area contributed by atoms with Gasteiger partial charge in [-0.05, 0) is 45.0 Å². The zero-order valence-corrected chi connectivity index (χ0v) is 18.6. The summed E-state index contributed by atoms with van der Waals surface area (Å²) in [5.74, 6) is 0.358. The van der Waals surface area contributed by atoms with E-state index in [1.807, 2.05) is 32.9 Å². The van der Waals surface area contributed by atoms with Gasteiger partial charge in [-0.15, -0.1) is 17.9 Å². The van der Waals surface area contributed by atoms with E-state index in [-0.39, 0.29) is 6.03 Å². The van der Waals surface area contributed by atoms with E-state index in [2.05, 4.69) is 32.2 Å². The Hall–Kier alpha value is -3.53. The number of nitrogens with one attached hydrogen (secondary N) is 2. The van der Waals surface area contributed by atoms with Gasteiger partial charge in [-0.3, -0.25) is 15.2 Å². The molecule has 0 bridgehead atoms. The van der Waals surface area contributed by atoms with Crippen LogP contribution in [0.2, 0.25) is 0 Å². The maximum absolute atomic E-state index is 12.3. The fraction of sp³-hybridized carbons (Fsp3) is 0.286. The summed E-state index contributed by atoms with van der Waals surface area (Å²) in [5.41, 5.74) is 1.04. The highest BCUT2D eigenvalue weighted by atomic mass is 32.1. The van der Waals surface area contributed by atoms with Crippen molar-refractivity contribution in [3.05, 3.63) is 43.1 Å². The minimum Gasteiger partial charge on any atom is -0.443 e. The average Bonchev–Trinajstić information content (AvgIpc) is 3.20. The maximum atomic E-state index is 12.3. The lowest BCUT2D eigenvalue weighted by atomic mass is 10.2. The smallest absolute Gasteiger partial charge is 0.415 e. The van der Waals surface area contributed by atoms with Gasteiger partial charge in [-0.1, -0.05) is 6.08 Å². The molecule has 0 radical (unpaired) electrons. The first-order valence-electron chi connectivity index (χ1n) is 9.53. The molecule has 0 aliphatic carbocycles. The summed E-state index contributed by atoms with van der Waals surface area (Å²) in [4.78, 5) is 39.7. The highest BCUT2D eigenvalue weighted by Gasteiger charge is 2.22. The molecule has 0 atom stereocenters. The molecule has 0 unspecified atom stereocenters. The molecule has 3 heterocycles. The molecule has 0 fully saturated rings. The number of anilines is 2. The van der Waals surface area contributed by atoms with Crippen molar-refractivity contribution in [2.75, 3.05) is 23.8 Å². The van der Waals surface area contributed by atoms with E-state index >= 15 is 0 Å². The number of hydrogen-bond acceptors (Lipinski definition) is 7. The van der Waals surface area contributed by atoms with Gasteiger partial charge >= 0.3 is 12.1 Å². The molecule has 0 spiro atoms. The van der Waals surface area contributed by atoms with E-state index in [9.17, 15) is 9.59 Å². The van der Waals surface area contributed by atoms with Crippen LogP contribution in [0.15, 0.2) is 43.1 Å². The topological polar surface area (TPSA) is 109 Å². The molecule has 3 aromatic rings. The molecule has 162 valence electrons. The summed E-state index contributed by atoms with van der Waals surface area (Å²) in [6, 6.07) is 6.69. The largest absolute Gasteiger partial charge is 0.443 e. The number of aromatic nitrogens is 3. The maximum Gasteiger partial charge on any atom is 0.415 e. The van der Waals surface area contributed by atoms with Gasteiger partial charge in [0.25, 0.3) is 0 Å². The first kappa shape index (κ1) is 22.2. The molecule has 31 heavy (non-hydrogen) atoms. The van der Waals surface area contributed by atoms with Gasteiger partial charge in [0.2, 0.25) is 0 Å². The third-order valence-electron chi connectivity index (χ3n) is 3.90. The van der Waals surface area contributed by atoms with Gasteiger partial charge in [0.05, 0.1) is 11.1 Å². The lowest BCUT2D eigenvalue weighted by Crippen LogP contribution is -2.33. The Morgan fingerprint density at radius 2 is 2.00 bits per heavy atom. The van der Waals surface area contributed by atoms with Crippen molar-refractivity contribution in [2.45, 2.75) is 26.4 Å². The average molecular weight is 441 g/mol. The quantitative estimate of drug-likeness (QED) is 0.568. The van der Waals surface area contributed by atoms with Crippen LogP contribution in [-0.4, -0.2) is 46.3 Å². The monoisotopic (exact) mass is 440 g/mol. The number of ether oxygens (including phenoxy) is 1. The molecule has 3 aromatic heterocycles. The second-order valence-corrected chi connectivity index (χ2v) is 8.66. The van der Waals surface area contributed by atoms with Crippen molar-refractivity contribution in [3.63, 3.8) is 0 Å². The number of thiophene rings is 1. The SMILES string of the molecule is C=CCNC(=O)Nc1ccc2ncc(-c3ccc(N(C)C(=O)OC(C)(C)C)s3)nc2n1. The highest BCUT2D eigenvalue weighted by molar-refractivity contribution is 7.19. The van der Waals surface area contributed by atoms with Crippen LogP contribution in [0.5, 0.6) is 0 Å². The fourth-order valence-electron chi connectivity index (χ4n) is 2.48. The molecule has 2 N–H and O–H groups in total. The molecule has 0 aliphatic heterocycles. The van der Waals surface area contributed by atoms with Gasteiger partial charge in [-0.2, -0.15) is 0 Å². The number of hydrogen-bond donors (Lipinski definition) is 2. The van der Waals surface area contributed by atoms with Crippen molar-refractivity contribution in [1.29, 1.82) is 0 Å². The van der Waals surface area contributed by atoms with Gasteiger partial charge in [0, 0.05) is 13.6 Å². The van der Waals surface area contributed by atoms with E-state index < -0.39 is 11.7 Å². The Morgan fingerprint density at radius 3 is 2.71 bits per heavy atom. The molecule has 3 rings (SSSR count). The third-order valence-corrected chi connectivity index (χ3v) is 5.08. The Labute approximate surface area is 184 Å². The number of urea groups is 1. The number of fused-ring (bicyclic) bond motifs is 1. The van der Waals surface area contributed by atoms with E-state index in [0.29, 0.717) is 34.2 Å².